The molecule has 2 aromatic carbocycles. The van der Waals surface area contributed by atoms with Crippen LogP contribution >= 0.6 is 23.1 Å². The minimum absolute atomic E-state index is 0.0692. The second kappa shape index (κ2) is 10.2. The maximum Gasteiger partial charge on any atom is 0.230 e. The number of benzene rings is 2. The summed E-state index contributed by atoms with van der Waals surface area (Å²) in [6, 6.07) is 17.9. The van der Waals surface area contributed by atoms with Gasteiger partial charge in [0.25, 0.3) is 0 Å². The smallest absolute Gasteiger partial charge is 0.230 e. The first-order chi connectivity index (χ1) is 15.1. The van der Waals surface area contributed by atoms with Gasteiger partial charge in [0, 0.05) is 49.2 Å². The standard InChI is InChI=1S/C24H27ClN4OS/c1-2-21(19-7-4-3-5-8-19)23(30)28-13-6-14-29(16-15-28)24-26-22(27-31-24)17-18-9-11-20(25)12-10-18/h3-5,7-12,21H,2,6,13-17H2,1H3. The van der Waals surface area contributed by atoms with Gasteiger partial charge in [-0.15, -0.1) is 0 Å². The molecule has 0 bridgehead atoms. The molecule has 2 heterocycles. The maximum atomic E-state index is 13.2. The molecule has 0 spiro atoms. The Morgan fingerprint density at radius 2 is 1.84 bits per heavy atom. The van der Waals surface area contributed by atoms with Gasteiger partial charge in [-0.3, -0.25) is 4.79 Å². The van der Waals surface area contributed by atoms with Gasteiger partial charge < -0.3 is 9.80 Å². The predicted octanol–water partition coefficient (Wildman–Crippen LogP) is 5.01. The van der Waals surface area contributed by atoms with E-state index in [-0.39, 0.29) is 11.8 Å². The first-order valence-corrected chi connectivity index (χ1v) is 11.9. The van der Waals surface area contributed by atoms with Crippen LogP contribution in [0.3, 0.4) is 0 Å². The number of carbonyl (C=O) groups is 1. The SMILES string of the molecule is CCC(C(=O)N1CCCN(c2nc(Cc3ccc(Cl)cc3)ns2)CC1)c1ccccc1. The van der Waals surface area contributed by atoms with Gasteiger partial charge in [0.2, 0.25) is 11.0 Å². The Morgan fingerprint density at radius 1 is 1.06 bits per heavy atom. The highest BCUT2D eigenvalue weighted by Crippen LogP contribution is 2.25. The van der Waals surface area contributed by atoms with Gasteiger partial charge in [-0.1, -0.05) is 61.0 Å². The normalized spacial score (nSPS) is 15.5. The fraction of sp³-hybridized carbons (Fsp3) is 0.375. The molecule has 1 unspecified atom stereocenters. The van der Waals surface area contributed by atoms with Crippen LogP contribution in [-0.4, -0.2) is 46.3 Å². The summed E-state index contributed by atoms with van der Waals surface area (Å²) in [5.41, 5.74) is 2.25. The van der Waals surface area contributed by atoms with Crippen molar-refractivity contribution in [1.82, 2.24) is 14.3 Å². The third-order valence-corrected chi connectivity index (χ3v) is 6.79. The van der Waals surface area contributed by atoms with Crippen LogP contribution in [0.4, 0.5) is 5.13 Å². The Morgan fingerprint density at radius 3 is 2.58 bits per heavy atom. The molecule has 1 aromatic heterocycles. The van der Waals surface area contributed by atoms with Crippen LogP contribution in [0.15, 0.2) is 54.6 Å². The highest BCUT2D eigenvalue weighted by molar-refractivity contribution is 7.09. The largest absolute Gasteiger partial charge is 0.345 e. The molecule has 31 heavy (non-hydrogen) atoms. The van der Waals surface area contributed by atoms with Crippen molar-refractivity contribution >= 4 is 34.2 Å². The zero-order valence-corrected chi connectivity index (χ0v) is 19.3. The molecule has 1 aliphatic rings. The molecule has 4 rings (SSSR count). The van der Waals surface area contributed by atoms with Gasteiger partial charge in [-0.05, 0) is 36.1 Å². The third-order valence-electron chi connectivity index (χ3n) is 5.72. The van der Waals surface area contributed by atoms with Gasteiger partial charge in [0.1, 0.15) is 5.82 Å². The highest BCUT2D eigenvalue weighted by atomic mass is 35.5. The lowest BCUT2D eigenvalue weighted by atomic mass is 9.95. The summed E-state index contributed by atoms with van der Waals surface area (Å²) in [5, 5.41) is 1.67. The Bertz CT molecular complexity index is 992. The fourth-order valence-electron chi connectivity index (χ4n) is 4.02. The van der Waals surface area contributed by atoms with Crippen LogP contribution in [0.1, 0.15) is 42.6 Å². The Kier molecular flexibility index (Phi) is 7.20. The van der Waals surface area contributed by atoms with Crippen LogP contribution < -0.4 is 4.90 Å². The van der Waals surface area contributed by atoms with Crippen LogP contribution in [0.2, 0.25) is 5.02 Å². The number of halogens is 1. The summed E-state index contributed by atoms with van der Waals surface area (Å²) in [5.74, 6) is 0.992. The van der Waals surface area contributed by atoms with E-state index >= 15 is 0 Å². The topological polar surface area (TPSA) is 49.3 Å². The van der Waals surface area contributed by atoms with Gasteiger partial charge in [-0.25, -0.2) is 4.98 Å². The number of nitrogens with zero attached hydrogens (tertiary/aromatic N) is 4. The van der Waals surface area contributed by atoms with Crippen molar-refractivity contribution in [2.24, 2.45) is 0 Å². The zero-order valence-electron chi connectivity index (χ0n) is 17.7. The van der Waals surface area contributed by atoms with Crippen LogP contribution in [0.5, 0.6) is 0 Å². The van der Waals surface area contributed by atoms with Crippen LogP contribution in [-0.2, 0) is 11.2 Å². The van der Waals surface area contributed by atoms with Crippen molar-refractivity contribution in [1.29, 1.82) is 0 Å². The quantitative estimate of drug-likeness (QED) is 0.525. The average Bonchev–Trinajstić information content (AvgIpc) is 3.11. The Balaban J connectivity index is 1.38. The molecule has 1 amide bonds. The second-order valence-corrected chi connectivity index (χ2v) is 9.00. The van der Waals surface area contributed by atoms with Crippen LogP contribution in [0.25, 0.3) is 0 Å². The molecular formula is C24H27ClN4OS. The molecule has 5 nitrogen and oxygen atoms in total. The molecule has 1 atom stereocenters. The molecule has 3 aromatic rings. The Hall–Kier alpha value is -2.44. The van der Waals surface area contributed by atoms with E-state index in [1.807, 2.05) is 47.4 Å². The number of amides is 1. The van der Waals surface area contributed by atoms with Crippen molar-refractivity contribution in [3.05, 3.63) is 76.6 Å². The molecule has 7 heteroatoms. The zero-order chi connectivity index (χ0) is 21.6. The molecule has 0 radical (unpaired) electrons. The molecule has 162 valence electrons. The van der Waals surface area contributed by atoms with Crippen LogP contribution in [0, 0.1) is 0 Å². The lowest BCUT2D eigenvalue weighted by Crippen LogP contribution is -2.38. The molecule has 0 aliphatic carbocycles. The number of rotatable bonds is 6. The summed E-state index contributed by atoms with van der Waals surface area (Å²) in [6.45, 7) is 5.26. The third kappa shape index (κ3) is 5.43. The summed E-state index contributed by atoms with van der Waals surface area (Å²) in [6.07, 6.45) is 2.44. The van der Waals surface area contributed by atoms with E-state index in [2.05, 4.69) is 28.3 Å². The van der Waals surface area contributed by atoms with Gasteiger partial charge in [0.15, 0.2) is 0 Å². The summed E-state index contributed by atoms with van der Waals surface area (Å²) < 4.78 is 4.55. The van der Waals surface area contributed by atoms with E-state index in [4.69, 9.17) is 16.6 Å². The minimum Gasteiger partial charge on any atom is -0.345 e. The lowest BCUT2D eigenvalue weighted by Gasteiger charge is -2.26. The molecular weight excluding hydrogens is 428 g/mol. The monoisotopic (exact) mass is 454 g/mol. The molecule has 0 saturated carbocycles. The summed E-state index contributed by atoms with van der Waals surface area (Å²) in [4.78, 5) is 22.3. The van der Waals surface area contributed by atoms with Gasteiger partial charge in [-0.2, -0.15) is 4.37 Å². The first kappa shape index (κ1) is 21.8. The average molecular weight is 455 g/mol. The van der Waals surface area contributed by atoms with Crippen molar-refractivity contribution in [2.75, 3.05) is 31.1 Å². The predicted molar refractivity (Wildman–Crippen MR) is 127 cm³/mol. The van der Waals surface area contributed by atoms with E-state index in [1.54, 1.807) is 0 Å². The van der Waals surface area contributed by atoms with Crippen molar-refractivity contribution < 1.29 is 4.79 Å². The number of anilines is 1. The Labute approximate surface area is 192 Å². The molecule has 0 N–H and O–H groups in total. The number of carbonyl (C=O) groups excluding carboxylic acids is 1. The van der Waals surface area contributed by atoms with Crippen molar-refractivity contribution in [2.45, 2.75) is 32.1 Å². The van der Waals surface area contributed by atoms with Crippen molar-refractivity contribution in [3.8, 4) is 0 Å². The van der Waals surface area contributed by atoms with E-state index in [0.717, 1.165) is 59.6 Å². The van der Waals surface area contributed by atoms with E-state index in [0.29, 0.717) is 13.0 Å². The first-order valence-electron chi connectivity index (χ1n) is 10.8. The maximum absolute atomic E-state index is 13.2. The van der Waals surface area contributed by atoms with E-state index in [1.165, 1.54) is 11.5 Å². The summed E-state index contributed by atoms with van der Waals surface area (Å²) >= 11 is 7.41. The van der Waals surface area contributed by atoms with Crippen molar-refractivity contribution in [3.63, 3.8) is 0 Å². The highest BCUT2D eigenvalue weighted by Gasteiger charge is 2.27. The second-order valence-electron chi connectivity index (χ2n) is 7.83. The number of hydrogen-bond acceptors (Lipinski definition) is 5. The van der Waals surface area contributed by atoms with E-state index in [9.17, 15) is 4.79 Å². The lowest BCUT2D eigenvalue weighted by molar-refractivity contribution is -0.132. The molecule has 1 saturated heterocycles. The molecule has 1 aliphatic heterocycles. The minimum atomic E-state index is -0.0692. The van der Waals surface area contributed by atoms with Gasteiger partial charge >= 0.3 is 0 Å². The number of hydrogen-bond donors (Lipinski definition) is 0. The molecule has 1 fully saturated rings. The van der Waals surface area contributed by atoms with E-state index < -0.39 is 0 Å². The summed E-state index contributed by atoms with van der Waals surface area (Å²) in [7, 11) is 0. The number of aromatic nitrogens is 2. The fourth-order valence-corrected chi connectivity index (χ4v) is 4.88. The van der Waals surface area contributed by atoms with Gasteiger partial charge in [0.05, 0.1) is 5.92 Å².